The van der Waals surface area contributed by atoms with Crippen LogP contribution in [0.25, 0.3) is 92.9 Å². The smallest absolute Gasteiger partial charge is 0.248 e. The topological polar surface area (TPSA) is 95.4 Å². The van der Waals surface area contributed by atoms with Crippen LogP contribution in [0, 0.1) is 0 Å². The molecule has 0 amide bonds. The zero-order chi connectivity index (χ0) is 33.5. The summed E-state index contributed by atoms with van der Waals surface area (Å²) < 4.78 is 9.64. The molecule has 0 saturated heterocycles. The number of thiophene rings is 1. The lowest BCUT2D eigenvalue weighted by Crippen LogP contribution is -2.06. The first-order valence-electron chi connectivity index (χ1n) is 17.5. The van der Waals surface area contributed by atoms with Gasteiger partial charge in [-0.05, 0) is 54.8 Å². The van der Waals surface area contributed by atoms with Gasteiger partial charge in [0.1, 0.15) is 27.2 Å². The van der Waals surface area contributed by atoms with Crippen LogP contribution < -0.4 is 0 Å². The monoisotopic (exact) mass is 679 g/mol. The molecule has 1 aliphatic rings. The van der Waals surface area contributed by atoms with Gasteiger partial charge in [0.15, 0.2) is 11.1 Å². The van der Waals surface area contributed by atoms with Gasteiger partial charge in [0, 0.05) is 34.0 Å². The zero-order valence-electron chi connectivity index (χ0n) is 27.5. The molecule has 51 heavy (non-hydrogen) atoms. The van der Waals surface area contributed by atoms with Gasteiger partial charge in [-0.2, -0.15) is 0 Å². The van der Waals surface area contributed by atoms with Crippen LogP contribution in [0.4, 0.5) is 0 Å². The van der Waals surface area contributed by atoms with E-state index in [9.17, 15) is 0 Å². The van der Waals surface area contributed by atoms with Crippen molar-refractivity contribution in [2.75, 3.05) is 0 Å². The third kappa shape index (κ3) is 4.51. The Hall–Kier alpha value is -6.06. The lowest BCUT2D eigenvalue weighted by Gasteiger charge is -2.20. The minimum absolute atomic E-state index is 0.453. The highest BCUT2D eigenvalue weighted by molar-refractivity contribution is 7.25. The fraction of sp³-hybridized carbons (Fsp3) is 0.143. The van der Waals surface area contributed by atoms with Gasteiger partial charge in [0.2, 0.25) is 5.71 Å². The van der Waals surface area contributed by atoms with Gasteiger partial charge in [-0.25, -0.2) is 24.9 Å². The summed E-state index contributed by atoms with van der Waals surface area (Å²) in [5, 5.41) is 2.41. The predicted octanol–water partition coefficient (Wildman–Crippen LogP) is 10.8. The molecule has 7 aromatic heterocycles. The van der Waals surface area contributed by atoms with E-state index >= 15 is 0 Å². The summed E-state index contributed by atoms with van der Waals surface area (Å²) in [5.74, 6) is 1.31. The molecule has 8 nitrogen and oxygen atoms in total. The first kappa shape index (κ1) is 28.7. The van der Waals surface area contributed by atoms with Crippen molar-refractivity contribution in [1.82, 2.24) is 34.5 Å². The molecule has 11 rings (SSSR count). The largest absolute Gasteiger partial charge is 0.434 e. The second-order valence-corrected chi connectivity index (χ2v) is 14.4. The third-order valence-corrected chi connectivity index (χ3v) is 11.4. The van der Waals surface area contributed by atoms with Crippen molar-refractivity contribution in [3.63, 3.8) is 0 Å². The minimum Gasteiger partial charge on any atom is -0.434 e. The van der Waals surface area contributed by atoms with Crippen LogP contribution in [-0.2, 0) is 0 Å². The van der Waals surface area contributed by atoms with Crippen molar-refractivity contribution >= 4 is 76.0 Å². The fourth-order valence-corrected chi connectivity index (χ4v) is 8.87. The van der Waals surface area contributed by atoms with Gasteiger partial charge in [-0.3, -0.25) is 9.55 Å². The standard InChI is InChI=1S/C42H29N7OS/c1-2-9-24(10-3-1)30-22-44-41-38(46-30)37-40(50-41)27(19-20-43-37)25-11-8-12-26(21-25)31-23-45-42-39(47-31)36-34(51-42)17-18-35(48-36)49-32-15-6-4-13-28(32)29-14-5-7-16-33(29)49/h4-8,11-24H,1-3,9-10H2. The number of benzene rings is 3. The fourth-order valence-electron chi connectivity index (χ4n) is 7.94. The van der Waals surface area contributed by atoms with Crippen LogP contribution in [-0.4, -0.2) is 34.5 Å². The molecule has 0 radical (unpaired) electrons. The molecule has 0 aliphatic heterocycles. The second-order valence-electron chi connectivity index (χ2n) is 13.4. The van der Waals surface area contributed by atoms with Crippen LogP contribution in [0.2, 0.25) is 0 Å². The Balaban J connectivity index is 1.01. The van der Waals surface area contributed by atoms with E-state index in [4.69, 9.17) is 34.3 Å². The summed E-state index contributed by atoms with van der Waals surface area (Å²) in [6.45, 7) is 0. The predicted molar refractivity (Wildman–Crippen MR) is 204 cm³/mol. The normalized spacial score (nSPS) is 14.2. The highest BCUT2D eigenvalue weighted by atomic mass is 32.1. The van der Waals surface area contributed by atoms with E-state index in [1.165, 1.54) is 30.0 Å². The molecular formula is C42H29N7OS. The van der Waals surface area contributed by atoms with E-state index in [1.54, 1.807) is 11.3 Å². The van der Waals surface area contributed by atoms with Crippen LogP contribution >= 0.6 is 11.3 Å². The number of fused-ring (bicyclic) bond motifs is 9. The lowest BCUT2D eigenvalue weighted by molar-refractivity contribution is 0.436. The average Bonchev–Trinajstić information content (AvgIpc) is 3.87. The molecule has 0 unspecified atom stereocenters. The van der Waals surface area contributed by atoms with Crippen molar-refractivity contribution in [3.05, 3.63) is 115 Å². The minimum atomic E-state index is 0.453. The van der Waals surface area contributed by atoms with E-state index in [2.05, 4.69) is 83.4 Å². The number of hydrogen-bond acceptors (Lipinski definition) is 8. The summed E-state index contributed by atoms with van der Waals surface area (Å²) in [6.07, 6.45) is 11.7. The number of pyridine rings is 2. The number of rotatable bonds is 4. The Kier molecular flexibility index (Phi) is 6.33. The molecule has 7 heterocycles. The molecular weight excluding hydrogens is 651 g/mol. The SMILES string of the molecule is c1cc(-c2cnc3sc4ccc(-n5c6ccccc6c6ccccc65)nc4c3n2)cc(-c2ccnc3c2oc2ncc(C4CCCCC4)nc23)c1. The van der Waals surface area contributed by atoms with Crippen molar-refractivity contribution in [3.8, 4) is 28.2 Å². The summed E-state index contributed by atoms with van der Waals surface area (Å²) >= 11 is 1.62. The maximum absolute atomic E-state index is 6.34. The highest BCUT2D eigenvalue weighted by Crippen LogP contribution is 2.38. The Bertz CT molecular complexity index is 2940. The van der Waals surface area contributed by atoms with Crippen molar-refractivity contribution < 1.29 is 4.42 Å². The molecule has 1 saturated carbocycles. The van der Waals surface area contributed by atoms with Gasteiger partial charge >= 0.3 is 0 Å². The third-order valence-electron chi connectivity index (χ3n) is 10.4. The van der Waals surface area contributed by atoms with Gasteiger partial charge in [0.05, 0.1) is 39.5 Å². The van der Waals surface area contributed by atoms with Gasteiger partial charge in [-0.15, -0.1) is 11.3 Å². The summed E-state index contributed by atoms with van der Waals surface area (Å²) in [5.41, 5.74) is 11.3. The van der Waals surface area contributed by atoms with Crippen LogP contribution in [0.1, 0.15) is 43.7 Å². The van der Waals surface area contributed by atoms with E-state index in [1.807, 2.05) is 30.7 Å². The van der Waals surface area contributed by atoms with Crippen molar-refractivity contribution in [2.24, 2.45) is 0 Å². The molecule has 244 valence electrons. The quantitative estimate of drug-likeness (QED) is 0.183. The molecule has 0 atom stereocenters. The molecule has 0 N–H and O–H groups in total. The Labute approximate surface area is 295 Å². The molecule has 9 heteroatoms. The second kappa shape index (κ2) is 11.2. The molecule has 3 aromatic carbocycles. The number of aromatic nitrogens is 7. The van der Waals surface area contributed by atoms with Crippen molar-refractivity contribution in [1.29, 1.82) is 0 Å². The summed E-state index contributed by atoms with van der Waals surface area (Å²) in [4.78, 5) is 30.6. The summed E-state index contributed by atoms with van der Waals surface area (Å²) in [7, 11) is 0. The molecule has 1 aliphatic carbocycles. The van der Waals surface area contributed by atoms with Crippen LogP contribution in [0.3, 0.4) is 0 Å². The van der Waals surface area contributed by atoms with Crippen LogP contribution in [0.5, 0.6) is 0 Å². The first-order chi connectivity index (χ1) is 25.3. The van der Waals surface area contributed by atoms with Gasteiger partial charge in [0.25, 0.3) is 0 Å². The van der Waals surface area contributed by atoms with E-state index in [-0.39, 0.29) is 0 Å². The van der Waals surface area contributed by atoms with Crippen LogP contribution in [0.15, 0.2) is 114 Å². The van der Waals surface area contributed by atoms with Gasteiger partial charge < -0.3 is 4.42 Å². The Morgan fingerprint density at radius 1 is 0.647 bits per heavy atom. The number of hydrogen-bond donors (Lipinski definition) is 0. The molecule has 1 fully saturated rings. The number of para-hydroxylation sites is 2. The maximum Gasteiger partial charge on any atom is 0.248 e. The highest BCUT2D eigenvalue weighted by Gasteiger charge is 2.22. The Morgan fingerprint density at radius 2 is 1.45 bits per heavy atom. The van der Waals surface area contributed by atoms with E-state index < -0.39 is 0 Å². The van der Waals surface area contributed by atoms with Gasteiger partial charge in [-0.1, -0.05) is 73.9 Å². The first-order valence-corrected chi connectivity index (χ1v) is 18.3. The lowest BCUT2D eigenvalue weighted by atomic mass is 9.87. The van der Waals surface area contributed by atoms with E-state index in [0.717, 1.165) is 89.4 Å². The summed E-state index contributed by atoms with van der Waals surface area (Å²) in [6, 6.07) is 31.6. The van der Waals surface area contributed by atoms with E-state index in [0.29, 0.717) is 17.2 Å². The molecule has 0 spiro atoms. The van der Waals surface area contributed by atoms with Crippen molar-refractivity contribution in [2.45, 2.75) is 38.0 Å². The number of furan rings is 1. The maximum atomic E-state index is 6.34. The zero-order valence-corrected chi connectivity index (χ0v) is 28.3. The molecule has 10 aromatic rings. The Morgan fingerprint density at radius 3 is 2.29 bits per heavy atom. The number of nitrogens with zero attached hydrogens (tertiary/aromatic N) is 7. The molecule has 0 bridgehead atoms. The average molecular weight is 680 g/mol.